The number of esters is 1. The maximum Gasteiger partial charge on any atom is 0.305 e. The van der Waals surface area contributed by atoms with Gasteiger partial charge in [0.1, 0.15) is 5.52 Å². The van der Waals surface area contributed by atoms with E-state index in [0.29, 0.717) is 18.3 Å². The van der Waals surface area contributed by atoms with Crippen molar-refractivity contribution in [2.24, 2.45) is 0 Å². The Balaban J connectivity index is 1.78. The number of ether oxygens (including phenoxy) is 1. The first-order valence-corrected chi connectivity index (χ1v) is 6.92. The van der Waals surface area contributed by atoms with Gasteiger partial charge in [-0.05, 0) is 25.5 Å². The highest BCUT2D eigenvalue weighted by molar-refractivity contribution is 7.99. The molecule has 0 saturated heterocycles. The number of oxazole rings is 1. The molecule has 5 heteroatoms. The summed E-state index contributed by atoms with van der Waals surface area (Å²) in [7, 11) is 0. The number of aromatic nitrogens is 1. The van der Waals surface area contributed by atoms with E-state index in [1.165, 1.54) is 11.8 Å². The van der Waals surface area contributed by atoms with Crippen molar-refractivity contribution in [3.63, 3.8) is 0 Å². The van der Waals surface area contributed by atoms with Crippen LogP contribution in [0, 0.1) is 0 Å². The minimum absolute atomic E-state index is 0.143. The molecule has 0 aliphatic rings. The van der Waals surface area contributed by atoms with Crippen LogP contribution in [0.25, 0.3) is 11.1 Å². The molecule has 1 aromatic heterocycles. The normalized spacial score (nSPS) is 10.7. The van der Waals surface area contributed by atoms with Crippen molar-refractivity contribution in [1.29, 1.82) is 0 Å². The van der Waals surface area contributed by atoms with E-state index in [2.05, 4.69) is 4.98 Å². The molecule has 0 fully saturated rings. The van der Waals surface area contributed by atoms with Gasteiger partial charge < -0.3 is 9.15 Å². The van der Waals surface area contributed by atoms with Gasteiger partial charge >= 0.3 is 5.97 Å². The molecule has 4 nitrogen and oxygen atoms in total. The van der Waals surface area contributed by atoms with Gasteiger partial charge in [0.25, 0.3) is 5.22 Å². The fourth-order valence-corrected chi connectivity index (χ4v) is 2.30. The molecule has 0 amide bonds. The molecule has 0 N–H and O–H groups in total. The van der Waals surface area contributed by atoms with Crippen LogP contribution in [0.15, 0.2) is 33.9 Å². The van der Waals surface area contributed by atoms with Gasteiger partial charge in [0.05, 0.1) is 6.61 Å². The van der Waals surface area contributed by atoms with Crippen LogP contribution in [0.2, 0.25) is 0 Å². The van der Waals surface area contributed by atoms with Crippen LogP contribution in [0.3, 0.4) is 0 Å². The summed E-state index contributed by atoms with van der Waals surface area (Å²) in [4.78, 5) is 15.5. The summed E-state index contributed by atoms with van der Waals surface area (Å²) < 4.78 is 10.4. The fraction of sp³-hybridized carbons (Fsp3) is 0.385. The van der Waals surface area contributed by atoms with Crippen molar-refractivity contribution in [1.82, 2.24) is 4.98 Å². The maximum atomic E-state index is 11.1. The number of para-hydroxylation sites is 2. The van der Waals surface area contributed by atoms with Crippen LogP contribution in [0.4, 0.5) is 0 Å². The number of hydrogen-bond donors (Lipinski definition) is 0. The minimum Gasteiger partial charge on any atom is -0.466 e. The van der Waals surface area contributed by atoms with Gasteiger partial charge in [-0.1, -0.05) is 23.9 Å². The van der Waals surface area contributed by atoms with Gasteiger partial charge in [-0.25, -0.2) is 4.98 Å². The summed E-state index contributed by atoms with van der Waals surface area (Å²) in [5.74, 6) is 0.654. The van der Waals surface area contributed by atoms with E-state index < -0.39 is 0 Å². The molecule has 0 atom stereocenters. The Morgan fingerprint density at radius 2 is 2.28 bits per heavy atom. The first-order valence-electron chi connectivity index (χ1n) is 5.93. The average Bonchev–Trinajstić information content (AvgIpc) is 2.77. The smallest absolute Gasteiger partial charge is 0.305 e. The molecule has 0 spiro atoms. The zero-order valence-corrected chi connectivity index (χ0v) is 11.0. The van der Waals surface area contributed by atoms with E-state index in [-0.39, 0.29) is 5.97 Å². The molecule has 1 heterocycles. The van der Waals surface area contributed by atoms with Crippen LogP contribution in [0.1, 0.15) is 19.8 Å². The molecule has 0 aliphatic heterocycles. The maximum absolute atomic E-state index is 11.1. The number of thioether (sulfide) groups is 1. The van der Waals surface area contributed by atoms with E-state index in [0.717, 1.165) is 23.3 Å². The highest BCUT2D eigenvalue weighted by Gasteiger charge is 2.06. The summed E-state index contributed by atoms with van der Waals surface area (Å²) in [6.45, 7) is 2.25. The molecular formula is C13H15NO3S. The van der Waals surface area contributed by atoms with Gasteiger partial charge in [0.2, 0.25) is 0 Å². The zero-order chi connectivity index (χ0) is 12.8. The van der Waals surface area contributed by atoms with Gasteiger partial charge in [-0.3, -0.25) is 4.79 Å². The lowest BCUT2D eigenvalue weighted by Gasteiger charge is -1.99. The summed E-state index contributed by atoms with van der Waals surface area (Å²) in [6, 6.07) is 7.66. The molecule has 0 saturated carbocycles. The predicted octanol–water partition coefficient (Wildman–Crippen LogP) is 3.26. The van der Waals surface area contributed by atoms with E-state index in [9.17, 15) is 4.79 Å². The third-order valence-electron chi connectivity index (χ3n) is 2.33. The fourth-order valence-electron chi connectivity index (χ4n) is 1.52. The third-order valence-corrected chi connectivity index (χ3v) is 3.24. The summed E-state index contributed by atoms with van der Waals surface area (Å²) in [5.41, 5.74) is 1.66. The first-order chi connectivity index (χ1) is 8.79. The highest BCUT2D eigenvalue weighted by Crippen LogP contribution is 2.23. The highest BCUT2D eigenvalue weighted by atomic mass is 32.2. The Kier molecular flexibility index (Phi) is 4.64. The SMILES string of the molecule is CCOC(=O)CCCSc1nc2ccccc2o1. The molecule has 0 unspecified atom stereocenters. The summed E-state index contributed by atoms with van der Waals surface area (Å²) >= 11 is 1.52. The van der Waals surface area contributed by atoms with Gasteiger partial charge in [0.15, 0.2) is 5.58 Å². The van der Waals surface area contributed by atoms with Crippen molar-refractivity contribution < 1.29 is 13.9 Å². The van der Waals surface area contributed by atoms with Gasteiger partial charge in [-0.15, -0.1) is 0 Å². The van der Waals surface area contributed by atoms with E-state index >= 15 is 0 Å². The molecule has 96 valence electrons. The quantitative estimate of drug-likeness (QED) is 0.456. The summed E-state index contributed by atoms with van der Waals surface area (Å²) in [5, 5.41) is 0.653. The lowest BCUT2D eigenvalue weighted by molar-refractivity contribution is -0.143. The number of hydrogen-bond acceptors (Lipinski definition) is 5. The minimum atomic E-state index is -0.143. The van der Waals surface area contributed by atoms with E-state index in [4.69, 9.17) is 9.15 Å². The second kappa shape index (κ2) is 6.44. The van der Waals surface area contributed by atoms with Crippen molar-refractivity contribution in [3.8, 4) is 0 Å². The lowest BCUT2D eigenvalue weighted by atomic mass is 10.3. The third kappa shape index (κ3) is 3.50. The second-order valence-corrected chi connectivity index (χ2v) is 4.75. The second-order valence-electron chi connectivity index (χ2n) is 3.70. The molecule has 0 aliphatic carbocycles. The average molecular weight is 265 g/mol. The van der Waals surface area contributed by atoms with Crippen LogP contribution in [-0.4, -0.2) is 23.3 Å². The Labute approximate surface area is 110 Å². The standard InChI is InChI=1S/C13H15NO3S/c1-2-16-12(15)8-5-9-18-13-14-10-6-3-4-7-11(10)17-13/h3-4,6-7H,2,5,8-9H2,1H3. The van der Waals surface area contributed by atoms with E-state index in [1.54, 1.807) is 0 Å². The monoisotopic (exact) mass is 265 g/mol. The van der Waals surface area contributed by atoms with Crippen LogP contribution < -0.4 is 0 Å². The topological polar surface area (TPSA) is 52.3 Å². The van der Waals surface area contributed by atoms with Crippen LogP contribution >= 0.6 is 11.8 Å². The molecule has 2 aromatic rings. The Morgan fingerprint density at radius 1 is 1.44 bits per heavy atom. The Hall–Kier alpha value is -1.49. The summed E-state index contributed by atoms with van der Waals surface area (Å²) in [6.07, 6.45) is 1.21. The van der Waals surface area contributed by atoms with Gasteiger partial charge in [0, 0.05) is 12.2 Å². The molecule has 18 heavy (non-hydrogen) atoms. The Bertz CT molecular complexity index is 491. The number of rotatable bonds is 6. The van der Waals surface area contributed by atoms with Gasteiger partial charge in [-0.2, -0.15) is 0 Å². The number of carbonyl (C=O) groups is 1. The van der Waals surface area contributed by atoms with Crippen molar-refractivity contribution in [3.05, 3.63) is 24.3 Å². The number of benzene rings is 1. The Morgan fingerprint density at radius 3 is 3.06 bits per heavy atom. The molecule has 1 aromatic carbocycles. The molecule has 0 radical (unpaired) electrons. The van der Waals surface area contributed by atoms with Crippen LogP contribution in [0.5, 0.6) is 0 Å². The predicted molar refractivity (Wildman–Crippen MR) is 70.6 cm³/mol. The van der Waals surface area contributed by atoms with Crippen molar-refractivity contribution >= 4 is 28.8 Å². The zero-order valence-electron chi connectivity index (χ0n) is 10.2. The largest absolute Gasteiger partial charge is 0.466 e. The molecule has 0 bridgehead atoms. The number of nitrogens with zero attached hydrogens (tertiary/aromatic N) is 1. The molecule has 2 rings (SSSR count). The first kappa shape index (κ1) is 13.0. The van der Waals surface area contributed by atoms with Crippen molar-refractivity contribution in [2.45, 2.75) is 25.0 Å². The lowest BCUT2D eigenvalue weighted by Crippen LogP contribution is -2.03. The molecular weight excluding hydrogens is 250 g/mol. The van der Waals surface area contributed by atoms with E-state index in [1.807, 2.05) is 31.2 Å². The van der Waals surface area contributed by atoms with Crippen LogP contribution in [-0.2, 0) is 9.53 Å². The van der Waals surface area contributed by atoms with Crippen molar-refractivity contribution in [2.75, 3.05) is 12.4 Å². The number of fused-ring (bicyclic) bond motifs is 1. The number of carbonyl (C=O) groups excluding carboxylic acids is 1.